The van der Waals surface area contributed by atoms with Gasteiger partial charge in [0.25, 0.3) is 0 Å². The predicted molar refractivity (Wildman–Crippen MR) is 87.2 cm³/mol. The lowest BCUT2D eigenvalue weighted by Gasteiger charge is -2.37. The fraction of sp³-hybridized carbons (Fsp3) is 0.333. The Morgan fingerprint density at radius 2 is 1.96 bits per heavy atom. The maximum absolute atomic E-state index is 12.7. The average Bonchev–Trinajstić information content (AvgIpc) is 2.45. The number of ether oxygens (including phenoxy) is 1. The lowest BCUT2D eigenvalue weighted by atomic mass is 9.70. The molecule has 1 unspecified atom stereocenters. The van der Waals surface area contributed by atoms with Crippen molar-refractivity contribution < 1.29 is 9.53 Å². The van der Waals surface area contributed by atoms with Gasteiger partial charge in [-0.2, -0.15) is 5.26 Å². The molecule has 0 saturated carbocycles. The molecule has 1 aromatic rings. The third-order valence-electron chi connectivity index (χ3n) is 4.28. The summed E-state index contributed by atoms with van der Waals surface area (Å²) in [6.45, 7) is 4.05. The van der Waals surface area contributed by atoms with Crippen molar-refractivity contribution >= 4 is 17.4 Å². The third kappa shape index (κ3) is 2.73. The van der Waals surface area contributed by atoms with Gasteiger partial charge in [0.2, 0.25) is 5.88 Å². The van der Waals surface area contributed by atoms with Crippen molar-refractivity contribution in [2.24, 2.45) is 11.1 Å². The van der Waals surface area contributed by atoms with Gasteiger partial charge in [0.15, 0.2) is 5.78 Å². The van der Waals surface area contributed by atoms with Crippen LogP contribution in [0.15, 0.2) is 47.1 Å². The van der Waals surface area contributed by atoms with E-state index < -0.39 is 5.92 Å². The molecule has 1 aliphatic heterocycles. The second-order valence-electron chi connectivity index (χ2n) is 6.75. The summed E-state index contributed by atoms with van der Waals surface area (Å²) in [6, 6.07) is 9.23. The minimum Gasteiger partial charge on any atom is -0.444 e. The molecule has 1 aromatic carbocycles. The number of hydrogen-bond acceptors (Lipinski definition) is 4. The molecule has 0 aromatic heterocycles. The van der Waals surface area contributed by atoms with Crippen molar-refractivity contribution in [1.82, 2.24) is 0 Å². The smallest absolute Gasteiger partial charge is 0.205 e. The van der Waals surface area contributed by atoms with Crippen LogP contribution in [0.25, 0.3) is 0 Å². The summed E-state index contributed by atoms with van der Waals surface area (Å²) in [4.78, 5) is 12.7. The number of nitrogens with zero attached hydrogens (tertiary/aromatic N) is 1. The number of nitrogens with two attached hydrogens (primary N) is 1. The zero-order valence-corrected chi connectivity index (χ0v) is 13.8. The Kier molecular flexibility index (Phi) is 3.69. The number of rotatable bonds is 1. The first-order chi connectivity index (χ1) is 10.8. The summed E-state index contributed by atoms with van der Waals surface area (Å²) in [5, 5.41) is 10.1. The first-order valence-electron chi connectivity index (χ1n) is 7.42. The van der Waals surface area contributed by atoms with Crippen molar-refractivity contribution in [3.8, 4) is 6.07 Å². The molecule has 2 N–H and O–H groups in total. The standard InChI is InChI=1S/C18H17ClN2O2/c1-18(2)7-13(22)16-14(8-18)23-17(21)12(9-20)15(16)10-3-5-11(19)6-4-10/h3-6,15H,7-8,21H2,1-2H3. The maximum atomic E-state index is 12.7. The van der Waals surface area contributed by atoms with E-state index in [1.807, 2.05) is 26.0 Å². The van der Waals surface area contributed by atoms with Crippen LogP contribution < -0.4 is 5.73 Å². The number of hydrogen-bond donors (Lipinski definition) is 1. The van der Waals surface area contributed by atoms with E-state index in [9.17, 15) is 10.1 Å². The van der Waals surface area contributed by atoms with Crippen molar-refractivity contribution in [2.45, 2.75) is 32.6 Å². The topological polar surface area (TPSA) is 76.1 Å². The van der Waals surface area contributed by atoms with E-state index in [-0.39, 0.29) is 22.7 Å². The second-order valence-corrected chi connectivity index (χ2v) is 7.19. The van der Waals surface area contributed by atoms with Gasteiger partial charge < -0.3 is 10.5 Å². The van der Waals surface area contributed by atoms with E-state index in [0.29, 0.717) is 29.2 Å². The highest BCUT2D eigenvalue weighted by Gasteiger charge is 2.42. The van der Waals surface area contributed by atoms with Crippen LogP contribution in [0.4, 0.5) is 0 Å². The van der Waals surface area contributed by atoms with Gasteiger partial charge in [0, 0.05) is 23.4 Å². The molecule has 0 bridgehead atoms. The molecule has 1 heterocycles. The lowest BCUT2D eigenvalue weighted by molar-refractivity contribution is -0.119. The molecule has 0 radical (unpaired) electrons. The molecular weight excluding hydrogens is 312 g/mol. The Bertz CT molecular complexity index is 782. The van der Waals surface area contributed by atoms with E-state index in [1.54, 1.807) is 12.1 Å². The molecular formula is C18H17ClN2O2. The fourth-order valence-corrected chi connectivity index (χ4v) is 3.40. The Hall–Kier alpha value is -2.25. The largest absolute Gasteiger partial charge is 0.444 e. The second kappa shape index (κ2) is 5.43. The van der Waals surface area contributed by atoms with Crippen LogP contribution in [0.1, 0.15) is 38.2 Å². The SMILES string of the molecule is CC1(C)CC(=O)C2=C(C1)OC(N)=C(C#N)C2c1ccc(Cl)cc1. The van der Waals surface area contributed by atoms with Gasteiger partial charge in [-0.25, -0.2) is 0 Å². The van der Waals surface area contributed by atoms with Gasteiger partial charge in [-0.15, -0.1) is 0 Å². The molecule has 0 spiro atoms. The zero-order chi connectivity index (χ0) is 16.8. The molecule has 4 nitrogen and oxygen atoms in total. The quantitative estimate of drug-likeness (QED) is 0.850. The first-order valence-corrected chi connectivity index (χ1v) is 7.79. The number of halogens is 1. The zero-order valence-electron chi connectivity index (χ0n) is 13.0. The van der Waals surface area contributed by atoms with Crippen LogP contribution in [0.3, 0.4) is 0 Å². The molecule has 118 valence electrons. The molecule has 23 heavy (non-hydrogen) atoms. The van der Waals surface area contributed by atoms with Gasteiger partial charge in [0.05, 0.1) is 5.92 Å². The molecule has 0 fully saturated rings. The fourth-order valence-electron chi connectivity index (χ4n) is 3.27. The number of carbonyl (C=O) groups is 1. The molecule has 0 amide bonds. The summed E-state index contributed by atoms with van der Waals surface area (Å²) < 4.78 is 5.64. The summed E-state index contributed by atoms with van der Waals surface area (Å²) in [5.74, 6) is 0.195. The van der Waals surface area contributed by atoms with Gasteiger partial charge >= 0.3 is 0 Å². The Morgan fingerprint density at radius 3 is 2.57 bits per heavy atom. The highest BCUT2D eigenvalue weighted by atomic mass is 35.5. The molecule has 2 aliphatic rings. The molecule has 5 heteroatoms. The van der Waals surface area contributed by atoms with E-state index in [0.717, 1.165) is 5.56 Å². The van der Waals surface area contributed by atoms with Gasteiger partial charge in [0.1, 0.15) is 17.4 Å². The first kappa shape index (κ1) is 15.6. The summed E-state index contributed by atoms with van der Waals surface area (Å²) in [6.07, 6.45) is 1.05. The number of allylic oxidation sites excluding steroid dienone is 3. The molecule has 1 aliphatic carbocycles. The van der Waals surface area contributed by atoms with Crippen molar-refractivity contribution in [3.63, 3.8) is 0 Å². The van der Waals surface area contributed by atoms with E-state index in [1.165, 1.54) is 0 Å². The minimum atomic E-state index is -0.482. The number of carbonyl (C=O) groups excluding carboxylic acids is 1. The molecule has 0 saturated heterocycles. The van der Waals surface area contributed by atoms with Crippen LogP contribution in [-0.4, -0.2) is 5.78 Å². The van der Waals surface area contributed by atoms with Gasteiger partial charge in [-0.05, 0) is 23.1 Å². The van der Waals surface area contributed by atoms with Crippen molar-refractivity contribution in [3.05, 3.63) is 57.6 Å². The molecule has 3 rings (SSSR count). The van der Waals surface area contributed by atoms with E-state index >= 15 is 0 Å². The summed E-state index contributed by atoms with van der Waals surface area (Å²) >= 11 is 5.95. The van der Waals surface area contributed by atoms with Crippen LogP contribution in [-0.2, 0) is 9.53 Å². The number of nitriles is 1. The predicted octanol–water partition coefficient (Wildman–Crippen LogP) is 3.79. The monoisotopic (exact) mass is 328 g/mol. The lowest BCUT2D eigenvalue weighted by Crippen LogP contribution is -2.33. The minimum absolute atomic E-state index is 0.0106. The van der Waals surface area contributed by atoms with Crippen LogP contribution in [0.2, 0.25) is 5.02 Å². The number of benzene rings is 1. The average molecular weight is 329 g/mol. The number of ketones is 1. The van der Waals surface area contributed by atoms with Crippen molar-refractivity contribution in [2.75, 3.05) is 0 Å². The van der Waals surface area contributed by atoms with Crippen molar-refractivity contribution in [1.29, 1.82) is 5.26 Å². The Labute approximate surface area is 140 Å². The van der Waals surface area contributed by atoms with E-state index in [4.69, 9.17) is 22.1 Å². The highest BCUT2D eigenvalue weighted by Crippen LogP contribution is 2.47. The summed E-state index contributed by atoms with van der Waals surface area (Å²) in [7, 11) is 0. The Morgan fingerprint density at radius 1 is 1.30 bits per heavy atom. The van der Waals surface area contributed by atoms with Gasteiger partial charge in [-0.1, -0.05) is 37.6 Å². The molecule has 1 atom stereocenters. The maximum Gasteiger partial charge on any atom is 0.205 e. The van der Waals surface area contributed by atoms with E-state index in [2.05, 4.69) is 6.07 Å². The van der Waals surface area contributed by atoms with Crippen LogP contribution in [0.5, 0.6) is 0 Å². The third-order valence-corrected chi connectivity index (χ3v) is 4.53. The highest BCUT2D eigenvalue weighted by molar-refractivity contribution is 6.30. The Balaban J connectivity index is 2.17. The van der Waals surface area contributed by atoms with Crippen LogP contribution >= 0.6 is 11.6 Å². The number of Topliss-reactive ketones (excluding diaryl/α,β-unsaturated/α-hetero) is 1. The van der Waals surface area contributed by atoms with Crippen LogP contribution in [0, 0.1) is 16.7 Å². The summed E-state index contributed by atoms with van der Waals surface area (Å²) in [5.41, 5.74) is 7.42. The normalized spacial score (nSPS) is 23.2. The van der Waals surface area contributed by atoms with Gasteiger partial charge in [-0.3, -0.25) is 4.79 Å².